The lowest BCUT2D eigenvalue weighted by Crippen LogP contribution is -2.10. The van der Waals surface area contributed by atoms with E-state index < -0.39 is 0 Å². The van der Waals surface area contributed by atoms with E-state index in [1.807, 2.05) is 24.4 Å². The molecule has 0 saturated heterocycles. The molecule has 0 unspecified atom stereocenters. The molecule has 21 heavy (non-hydrogen) atoms. The Hall–Kier alpha value is -1.77. The van der Waals surface area contributed by atoms with E-state index in [4.69, 9.17) is 15.7 Å². The zero-order chi connectivity index (χ0) is 14.9. The van der Waals surface area contributed by atoms with E-state index in [0.717, 1.165) is 37.2 Å². The summed E-state index contributed by atoms with van der Waals surface area (Å²) >= 11 is 1.60. The highest BCUT2D eigenvalue weighted by molar-refractivity contribution is 8.14. The highest BCUT2D eigenvalue weighted by atomic mass is 32.2. The van der Waals surface area contributed by atoms with E-state index in [1.165, 1.54) is 5.57 Å². The molecule has 0 spiro atoms. The second-order valence-corrected chi connectivity index (χ2v) is 5.86. The van der Waals surface area contributed by atoms with Gasteiger partial charge in [-0.2, -0.15) is 5.26 Å². The van der Waals surface area contributed by atoms with Gasteiger partial charge in [-0.1, -0.05) is 23.9 Å². The maximum Gasteiger partial charge on any atom is 0.158 e. The molecule has 110 valence electrons. The van der Waals surface area contributed by atoms with Gasteiger partial charge in [-0.25, -0.2) is 4.99 Å². The Morgan fingerprint density at radius 3 is 3.05 bits per heavy atom. The summed E-state index contributed by atoms with van der Waals surface area (Å²) in [6.07, 6.45) is 5.07. The lowest BCUT2D eigenvalue weighted by molar-refractivity contribution is 0.117. The van der Waals surface area contributed by atoms with Crippen LogP contribution in [0.4, 0.5) is 0 Å². The van der Waals surface area contributed by atoms with Gasteiger partial charge in [0, 0.05) is 18.6 Å². The number of benzene rings is 1. The van der Waals surface area contributed by atoms with Gasteiger partial charge in [0.05, 0.1) is 18.2 Å². The Labute approximate surface area is 129 Å². The standard InChI is InChI=1S/C16H19N3OS/c17-9-13-5-3-6-14(8-13)11-20-7-2-1-4-15-10-19-16(18)21-12-15/h3,5-6,8,10H,1-2,4,7,11-12H2,(H2,18,19). The second kappa shape index (κ2) is 8.50. The Kier molecular flexibility index (Phi) is 6.32. The Morgan fingerprint density at radius 1 is 1.38 bits per heavy atom. The third kappa shape index (κ3) is 5.62. The van der Waals surface area contributed by atoms with Crippen LogP contribution in [0.2, 0.25) is 0 Å². The lowest BCUT2D eigenvalue weighted by atomic mass is 10.1. The van der Waals surface area contributed by atoms with Gasteiger partial charge in [-0.15, -0.1) is 0 Å². The summed E-state index contributed by atoms with van der Waals surface area (Å²) < 4.78 is 5.64. The second-order valence-electron chi connectivity index (χ2n) is 4.87. The number of aliphatic imine (C=N–C) groups is 1. The Morgan fingerprint density at radius 2 is 2.29 bits per heavy atom. The molecule has 0 fully saturated rings. The van der Waals surface area contributed by atoms with Crippen molar-refractivity contribution >= 4 is 16.9 Å². The van der Waals surface area contributed by atoms with E-state index >= 15 is 0 Å². The molecule has 0 atom stereocenters. The molecule has 0 radical (unpaired) electrons. The topological polar surface area (TPSA) is 71.4 Å². The largest absolute Gasteiger partial charge is 0.378 e. The van der Waals surface area contributed by atoms with Gasteiger partial charge in [-0.3, -0.25) is 0 Å². The van der Waals surface area contributed by atoms with Gasteiger partial charge in [0.15, 0.2) is 5.17 Å². The maximum absolute atomic E-state index is 8.83. The van der Waals surface area contributed by atoms with E-state index in [0.29, 0.717) is 17.3 Å². The number of rotatable bonds is 7. The minimum absolute atomic E-state index is 0.564. The smallest absolute Gasteiger partial charge is 0.158 e. The molecular formula is C16H19N3OS. The first-order valence-corrected chi connectivity index (χ1v) is 7.97. The normalized spacial score (nSPS) is 14.2. The summed E-state index contributed by atoms with van der Waals surface area (Å²) in [5.74, 6) is 0.955. The Bertz CT molecular complexity index is 575. The molecule has 1 aliphatic heterocycles. The molecule has 0 saturated carbocycles. The third-order valence-electron chi connectivity index (χ3n) is 3.14. The van der Waals surface area contributed by atoms with Crippen molar-refractivity contribution < 1.29 is 4.74 Å². The van der Waals surface area contributed by atoms with Crippen LogP contribution in [0.3, 0.4) is 0 Å². The summed E-state index contributed by atoms with van der Waals surface area (Å²) in [6.45, 7) is 1.30. The number of thioether (sulfide) groups is 1. The van der Waals surface area contributed by atoms with Crippen molar-refractivity contribution in [2.45, 2.75) is 25.9 Å². The molecule has 1 heterocycles. The van der Waals surface area contributed by atoms with Crippen LogP contribution in [0.5, 0.6) is 0 Å². The maximum atomic E-state index is 8.83. The minimum atomic E-state index is 0.564. The zero-order valence-electron chi connectivity index (χ0n) is 11.9. The average Bonchev–Trinajstić information content (AvgIpc) is 2.52. The SMILES string of the molecule is N#Cc1cccc(COCCCCC2=CN=C(N)SC2)c1. The molecule has 0 bridgehead atoms. The van der Waals surface area contributed by atoms with Crippen molar-refractivity contribution in [2.24, 2.45) is 10.7 Å². The van der Waals surface area contributed by atoms with Gasteiger partial charge in [0.1, 0.15) is 0 Å². The van der Waals surface area contributed by atoms with Crippen LogP contribution in [0.25, 0.3) is 0 Å². The van der Waals surface area contributed by atoms with Gasteiger partial charge < -0.3 is 10.5 Å². The lowest BCUT2D eigenvalue weighted by Gasteiger charge is -2.10. The Balaban J connectivity index is 1.59. The van der Waals surface area contributed by atoms with Gasteiger partial charge in [0.2, 0.25) is 0 Å². The van der Waals surface area contributed by atoms with E-state index in [2.05, 4.69) is 11.1 Å². The molecular weight excluding hydrogens is 282 g/mol. The summed E-state index contributed by atoms with van der Waals surface area (Å²) in [5.41, 5.74) is 8.66. The summed E-state index contributed by atoms with van der Waals surface area (Å²) in [6, 6.07) is 9.67. The summed E-state index contributed by atoms with van der Waals surface area (Å²) in [7, 11) is 0. The van der Waals surface area contributed by atoms with E-state index in [9.17, 15) is 0 Å². The molecule has 2 rings (SSSR count). The first kappa shape index (κ1) is 15.6. The fraction of sp³-hybridized carbons (Fsp3) is 0.375. The van der Waals surface area contributed by atoms with E-state index in [1.54, 1.807) is 17.8 Å². The first-order chi connectivity index (χ1) is 10.3. The monoisotopic (exact) mass is 301 g/mol. The molecule has 0 aliphatic carbocycles. The average molecular weight is 301 g/mol. The molecule has 0 aromatic heterocycles. The summed E-state index contributed by atoms with van der Waals surface area (Å²) in [4.78, 5) is 4.12. The molecule has 0 amide bonds. The number of hydrogen-bond donors (Lipinski definition) is 1. The van der Waals surface area contributed by atoms with Gasteiger partial charge in [0.25, 0.3) is 0 Å². The van der Waals surface area contributed by atoms with Crippen LogP contribution in [-0.2, 0) is 11.3 Å². The predicted octanol–water partition coefficient (Wildman–Crippen LogP) is 3.19. The van der Waals surface area contributed by atoms with Crippen molar-refractivity contribution in [3.05, 3.63) is 47.2 Å². The molecule has 1 aromatic carbocycles. The van der Waals surface area contributed by atoms with Crippen molar-refractivity contribution in [1.82, 2.24) is 0 Å². The van der Waals surface area contributed by atoms with E-state index in [-0.39, 0.29) is 0 Å². The quantitative estimate of drug-likeness (QED) is 0.785. The van der Waals surface area contributed by atoms with Crippen molar-refractivity contribution in [3.63, 3.8) is 0 Å². The highest BCUT2D eigenvalue weighted by Gasteiger charge is 2.05. The van der Waals surface area contributed by atoms with Crippen LogP contribution >= 0.6 is 11.8 Å². The molecule has 5 heteroatoms. The summed E-state index contributed by atoms with van der Waals surface area (Å²) in [5, 5.41) is 9.48. The van der Waals surface area contributed by atoms with Crippen LogP contribution < -0.4 is 5.73 Å². The number of nitriles is 1. The van der Waals surface area contributed by atoms with Crippen LogP contribution in [0, 0.1) is 11.3 Å². The van der Waals surface area contributed by atoms with Crippen LogP contribution in [0.1, 0.15) is 30.4 Å². The van der Waals surface area contributed by atoms with Crippen molar-refractivity contribution in [1.29, 1.82) is 5.26 Å². The first-order valence-electron chi connectivity index (χ1n) is 6.98. The number of hydrogen-bond acceptors (Lipinski definition) is 5. The molecule has 1 aliphatic rings. The number of nitrogens with zero attached hydrogens (tertiary/aromatic N) is 2. The fourth-order valence-corrected chi connectivity index (χ4v) is 2.69. The predicted molar refractivity (Wildman–Crippen MR) is 86.8 cm³/mol. The highest BCUT2D eigenvalue weighted by Crippen LogP contribution is 2.18. The zero-order valence-corrected chi connectivity index (χ0v) is 12.7. The number of amidine groups is 1. The van der Waals surface area contributed by atoms with Crippen molar-refractivity contribution in [3.8, 4) is 6.07 Å². The third-order valence-corrected chi connectivity index (χ3v) is 4.06. The number of unbranched alkanes of at least 4 members (excludes halogenated alkanes) is 1. The van der Waals surface area contributed by atoms with Crippen molar-refractivity contribution in [2.75, 3.05) is 12.4 Å². The molecule has 1 aromatic rings. The fourth-order valence-electron chi connectivity index (χ4n) is 2.01. The number of ether oxygens (including phenoxy) is 1. The molecule has 2 N–H and O–H groups in total. The van der Waals surface area contributed by atoms with Gasteiger partial charge in [-0.05, 0) is 42.5 Å². The number of nitrogens with two attached hydrogens (primary N) is 1. The van der Waals surface area contributed by atoms with Crippen LogP contribution in [-0.4, -0.2) is 17.5 Å². The molecule has 4 nitrogen and oxygen atoms in total. The minimum Gasteiger partial charge on any atom is -0.378 e. The van der Waals surface area contributed by atoms with Crippen LogP contribution in [0.15, 0.2) is 41.0 Å². The van der Waals surface area contributed by atoms with Gasteiger partial charge >= 0.3 is 0 Å².